The molecule has 0 saturated carbocycles. The molecule has 6 heteroatoms. The summed E-state index contributed by atoms with van der Waals surface area (Å²) >= 11 is 0. The molecule has 1 fully saturated rings. The fourth-order valence-electron chi connectivity index (χ4n) is 2.26. The standard InChI is InChI=1S/C13H16FN5/c1-9-6-10(8-11(14)7-9)12-16-13(18-17-12)19-4-2-15-3-5-19/h6-8,15H,2-5H2,1H3,(H,16,17,18). The molecule has 100 valence electrons. The van der Waals surface area contributed by atoms with Gasteiger partial charge in [0, 0.05) is 31.7 Å². The molecule has 2 N–H and O–H groups in total. The van der Waals surface area contributed by atoms with Crippen LogP contribution in [0.4, 0.5) is 10.3 Å². The molecule has 0 bridgehead atoms. The van der Waals surface area contributed by atoms with Crippen LogP contribution in [-0.4, -0.2) is 41.4 Å². The topological polar surface area (TPSA) is 56.8 Å². The van der Waals surface area contributed by atoms with Crippen LogP contribution in [0, 0.1) is 12.7 Å². The number of piperazine rings is 1. The maximum atomic E-state index is 13.4. The Balaban J connectivity index is 1.87. The SMILES string of the molecule is Cc1cc(F)cc(-c2nc(N3CCNCC3)n[nH]2)c1. The molecule has 2 heterocycles. The average molecular weight is 261 g/mol. The summed E-state index contributed by atoms with van der Waals surface area (Å²) < 4.78 is 13.4. The number of anilines is 1. The van der Waals surface area contributed by atoms with E-state index in [1.165, 1.54) is 12.1 Å². The van der Waals surface area contributed by atoms with Crippen LogP contribution in [0.25, 0.3) is 11.4 Å². The van der Waals surface area contributed by atoms with Crippen molar-refractivity contribution in [3.8, 4) is 11.4 Å². The number of rotatable bonds is 2. The summed E-state index contributed by atoms with van der Waals surface area (Å²) in [4.78, 5) is 6.56. The van der Waals surface area contributed by atoms with Gasteiger partial charge in [-0.2, -0.15) is 4.98 Å². The predicted molar refractivity (Wildman–Crippen MR) is 71.6 cm³/mol. The lowest BCUT2D eigenvalue weighted by Crippen LogP contribution is -2.44. The van der Waals surface area contributed by atoms with Crippen molar-refractivity contribution in [3.63, 3.8) is 0 Å². The summed E-state index contributed by atoms with van der Waals surface area (Å²) in [5, 5.41) is 10.4. The third-order valence-electron chi connectivity index (χ3n) is 3.19. The second-order valence-electron chi connectivity index (χ2n) is 4.74. The number of hydrogen-bond acceptors (Lipinski definition) is 4. The second kappa shape index (κ2) is 4.97. The third-order valence-corrected chi connectivity index (χ3v) is 3.19. The van der Waals surface area contributed by atoms with Crippen molar-refractivity contribution in [1.29, 1.82) is 0 Å². The molecule has 0 unspecified atom stereocenters. The number of hydrogen-bond donors (Lipinski definition) is 2. The molecule has 1 aliphatic rings. The molecule has 1 saturated heterocycles. The summed E-state index contributed by atoms with van der Waals surface area (Å²) in [6.07, 6.45) is 0. The summed E-state index contributed by atoms with van der Waals surface area (Å²) in [5.41, 5.74) is 1.60. The Morgan fingerprint density at radius 1 is 1.21 bits per heavy atom. The summed E-state index contributed by atoms with van der Waals surface area (Å²) in [5.74, 6) is 1.03. The highest BCUT2D eigenvalue weighted by molar-refractivity contribution is 5.57. The van der Waals surface area contributed by atoms with Gasteiger partial charge >= 0.3 is 0 Å². The first-order chi connectivity index (χ1) is 9.22. The van der Waals surface area contributed by atoms with Crippen LogP contribution in [0.3, 0.4) is 0 Å². The van der Waals surface area contributed by atoms with E-state index in [4.69, 9.17) is 0 Å². The Morgan fingerprint density at radius 2 is 2.00 bits per heavy atom. The molecular weight excluding hydrogens is 245 g/mol. The number of aromatic amines is 1. The fourth-order valence-corrected chi connectivity index (χ4v) is 2.26. The molecule has 0 radical (unpaired) electrons. The van der Waals surface area contributed by atoms with Gasteiger partial charge in [0.2, 0.25) is 5.95 Å². The lowest BCUT2D eigenvalue weighted by atomic mass is 10.1. The van der Waals surface area contributed by atoms with Gasteiger partial charge < -0.3 is 10.2 Å². The van der Waals surface area contributed by atoms with Gasteiger partial charge in [-0.3, -0.25) is 5.10 Å². The van der Waals surface area contributed by atoms with Crippen LogP contribution in [0.2, 0.25) is 0 Å². The van der Waals surface area contributed by atoms with Crippen LogP contribution in [-0.2, 0) is 0 Å². The summed E-state index contributed by atoms with van der Waals surface area (Å²) in [7, 11) is 0. The zero-order valence-corrected chi connectivity index (χ0v) is 10.8. The van der Waals surface area contributed by atoms with Crippen LogP contribution < -0.4 is 10.2 Å². The Labute approximate surface area is 110 Å². The van der Waals surface area contributed by atoms with Crippen LogP contribution in [0.5, 0.6) is 0 Å². The van der Waals surface area contributed by atoms with Crippen molar-refractivity contribution in [1.82, 2.24) is 20.5 Å². The Hall–Kier alpha value is -1.95. The number of aromatic nitrogens is 3. The smallest absolute Gasteiger partial charge is 0.245 e. The zero-order valence-electron chi connectivity index (χ0n) is 10.8. The van der Waals surface area contributed by atoms with Gasteiger partial charge in [-0.15, -0.1) is 5.10 Å². The lowest BCUT2D eigenvalue weighted by Gasteiger charge is -2.25. The first-order valence-corrected chi connectivity index (χ1v) is 6.38. The first-order valence-electron chi connectivity index (χ1n) is 6.38. The normalized spacial score (nSPS) is 15.8. The minimum atomic E-state index is -0.255. The number of nitrogens with zero attached hydrogens (tertiary/aromatic N) is 3. The molecule has 1 aromatic carbocycles. The van der Waals surface area contributed by atoms with Crippen LogP contribution in [0.15, 0.2) is 18.2 Å². The average Bonchev–Trinajstić information content (AvgIpc) is 2.88. The molecule has 19 heavy (non-hydrogen) atoms. The maximum Gasteiger partial charge on any atom is 0.245 e. The number of nitrogens with one attached hydrogen (secondary N) is 2. The monoisotopic (exact) mass is 261 g/mol. The van der Waals surface area contributed by atoms with E-state index in [1.54, 1.807) is 0 Å². The van der Waals surface area contributed by atoms with Crippen molar-refractivity contribution in [2.75, 3.05) is 31.1 Å². The highest BCUT2D eigenvalue weighted by Crippen LogP contribution is 2.20. The molecule has 3 rings (SSSR count). The molecule has 0 amide bonds. The Kier molecular flexibility index (Phi) is 3.16. The minimum Gasteiger partial charge on any atom is -0.337 e. The molecule has 0 aliphatic carbocycles. The minimum absolute atomic E-state index is 0.255. The second-order valence-corrected chi connectivity index (χ2v) is 4.74. The predicted octanol–water partition coefficient (Wildman–Crippen LogP) is 1.33. The van der Waals surface area contributed by atoms with E-state index in [1.807, 2.05) is 13.0 Å². The van der Waals surface area contributed by atoms with Gasteiger partial charge in [0.25, 0.3) is 0 Å². The Bertz CT molecular complexity index is 554. The highest BCUT2D eigenvalue weighted by atomic mass is 19.1. The molecule has 0 spiro atoms. The van der Waals surface area contributed by atoms with Crippen molar-refractivity contribution >= 4 is 5.95 Å². The van der Waals surface area contributed by atoms with Crippen molar-refractivity contribution in [2.45, 2.75) is 6.92 Å². The molecule has 2 aromatic rings. The number of H-pyrrole nitrogens is 1. The van der Waals surface area contributed by atoms with E-state index < -0.39 is 0 Å². The molecule has 0 atom stereocenters. The quantitative estimate of drug-likeness (QED) is 0.856. The molecule has 1 aromatic heterocycles. The zero-order chi connectivity index (χ0) is 13.2. The van der Waals surface area contributed by atoms with Gasteiger partial charge in [0.1, 0.15) is 5.82 Å². The molecule has 5 nitrogen and oxygen atoms in total. The van der Waals surface area contributed by atoms with E-state index in [0.717, 1.165) is 37.3 Å². The molecular formula is C13H16FN5. The first kappa shape index (κ1) is 12.1. The van der Waals surface area contributed by atoms with E-state index in [9.17, 15) is 4.39 Å². The van der Waals surface area contributed by atoms with Crippen LogP contribution >= 0.6 is 0 Å². The number of aryl methyl sites for hydroxylation is 1. The highest BCUT2D eigenvalue weighted by Gasteiger charge is 2.15. The van der Waals surface area contributed by atoms with E-state index >= 15 is 0 Å². The van der Waals surface area contributed by atoms with Gasteiger partial charge in [0.05, 0.1) is 0 Å². The van der Waals surface area contributed by atoms with E-state index in [-0.39, 0.29) is 5.82 Å². The third kappa shape index (κ3) is 2.58. The van der Waals surface area contributed by atoms with E-state index in [2.05, 4.69) is 25.4 Å². The summed E-state index contributed by atoms with van der Waals surface area (Å²) in [6.45, 7) is 5.50. The maximum absolute atomic E-state index is 13.4. The summed E-state index contributed by atoms with van der Waals surface area (Å²) in [6, 6.07) is 4.86. The van der Waals surface area contributed by atoms with Gasteiger partial charge in [-0.25, -0.2) is 4.39 Å². The number of benzene rings is 1. The number of halogens is 1. The molecule has 1 aliphatic heterocycles. The fraction of sp³-hybridized carbons (Fsp3) is 0.385. The van der Waals surface area contributed by atoms with Crippen molar-refractivity contribution < 1.29 is 4.39 Å². The van der Waals surface area contributed by atoms with Crippen LogP contribution in [0.1, 0.15) is 5.56 Å². The van der Waals surface area contributed by atoms with Gasteiger partial charge in [-0.1, -0.05) is 0 Å². The van der Waals surface area contributed by atoms with Crippen molar-refractivity contribution in [2.24, 2.45) is 0 Å². The van der Waals surface area contributed by atoms with Gasteiger partial charge in [-0.05, 0) is 30.7 Å². The van der Waals surface area contributed by atoms with Gasteiger partial charge in [0.15, 0.2) is 5.82 Å². The van der Waals surface area contributed by atoms with E-state index in [0.29, 0.717) is 11.8 Å². The lowest BCUT2D eigenvalue weighted by molar-refractivity contribution is 0.580. The largest absolute Gasteiger partial charge is 0.337 e. The Morgan fingerprint density at radius 3 is 2.74 bits per heavy atom. The van der Waals surface area contributed by atoms with Crippen molar-refractivity contribution in [3.05, 3.63) is 29.6 Å².